The molecule has 1 saturated carbocycles. The van der Waals surface area contributed by atoms with Crippen LogP contribution in [0.3, 0.4) is 0 Å². The molecule has 2 aromatic carbocycles. The zero-order valence-corrected chi connectivity index (χ0v) is 18.4. The molecule has 1 atom stereocenters. The summed E-state index contributed by atoms with van der Waals surface area (Å²) in [6.07, 6.45) is 5.77. The molecule has 1 aliphatic rings. The minimum Gasteiger partial charge on any atom is -0.351 e. The van der Waals surface area contributed by atoms with Gasteiger partial charge in [0.2, 0.25) is 11.8 Å². The topological polar surface area (TPSA) is 49.4 Å². The van der Waals surface area contributed by atoms with E-state index in [2.05, 4.69) is 5.32 Å². The number of amides is 2. The monoisotopic (exact) mass is 432 g/mol. The van der Waals surface area contributed by atoms with Crippen LogP contribution in [0.15, 0.2) is 77.5 Å². The minimum absolute atomic E-state index is 0.0859. The van der Waals surface area contributed by atoms with Gasteiger partial charge in [0.1, 0.15) is 6.04 Å². The number of hydrogen-bond acceptors (Lipinski definition) is 3. The van der Waals surface area contributed by atoms with Crippen LogP contribution in [-0.4, -0.2) is 17.9 Å². The summed E-state index contributed by atoms with van der Waals surface area (Å²) in [6, 6.07) is 20.6. The Kier molecular flexibility index (Phi) is 7.15. The van der Waals surface area contributed by atoms with Gasteiger partial charge in [-0.3, -0.25) is 14.5 Å². The van der Waals surface area contributed by atoms with Gasteiger partial charge in [-0.25, -0.2) is 0 Å². The molecule has 0 aliphatic heterocycles. The van der Waals surface area contributed by atoms with E-state index in [4.69, 9.17) is 0 Å². The van der Waals surface area contributed by atoms with Gasteiger partial charge < -0.3 is 5.32 Å². The first-order chi connectivity index (χ1) is 15.2. The van der Waals surface area contributed by atoms with Crippen molar-refractivity contribution in [3.05, 3.63) is 88.6 Å². The van der Waals surface area contributed by atoms with Crippen LogP contribution >= 0.6 is 11.3 Å². The van der Waals surface area contributed by atoms with Crippen molar-refractivity contribution in [1.82, 2.24) is 5.32 Å². The molecule has 3 aromatic rings. The average molecular weight is 433 g/mol. The van der Waals surface area contributed by atoms with Crippen LogP contribution in [0.1, 0.15) is 49.3 Å². The Bertz CT molecular complexity index is 967. The highest BCUT2D eigenvalue weighted by Crippen LogP contribution is 2.30. The van der Waals surface area contributed by atoms with Crippen molar-refractivity contribution in [3.63, 3.8) is 0 Å². The van der Waals surface area contributed by atoms with Gasteiger partial charge >= 0.3 is 0 Å². The second-order valence-electron chi connectivity index (χ2n) is 8.06. The quantitative estimate of drug-likeness (QED) is 0.535. The lowest BCUT2D eigenvalue weighted by Gasteiger charge is -2.33. The van der Waals surface area contributed by atoms with Crippen LogP contribution in [0.4, 0.5) is 5.69 Å². The second-order valence-corrected chi connectivity index (χ2v) is 8.84. The summed E-state index contributed by atoms with van der Waals surface area (Å²) in [5.74, 6) is -0.196. The van der Waals surface area contributed by atoms with E-state index < -0.39 is 6.04 Å². The van der Waals surface area contributed by atoms with Crippen LogP contribution in [-0.2, 0) is 16.0 Å². The Morgan fingerprint density at radius 1 is 0.935 bits per heavy atom. The molecule has 0 bridgehead atoms. The Balaban J connectivity index is 1.70. The van der Waals surface area contributed by atoms with E-state index in [-0.39, 0.29) is 24.3 Å². The van der Waals surface area contributed by atoms with Gasteiger partial charge in [-0.05, 0) is 52.9 Å². The molecule has 1 aliphatic carbocycles. The van der Waals surface area contributed by atoms with Crippen LogP contribution in [0, 0.1) is 0 Å². The smallest absolute Gasteiger partial charge is 0.248 e. The predicted molar refractivity (Wildman–Crippen MR) is 126 cm³/mol. The third-order valence-electron chi connectivity index (χ3n) is 5.81. The third kappa shape index (κ3) is 5.42. The number of thiophene rings is 1. The summed E-state index contributed by atoms with van der Waals surface area (Å²) in [5, 5.41) is 7.21. The number of carbonyl (C=O) groups excluding carboxylic acids is 2. The van der Waals surface area contributed by atoms with Crippen LogP contribution in [0.5, 0.6) is 0 Å². The summed E-state index contributed by atoms with van der Waals surface area (Å²) in [5.41, 5.74) is 2.52. The summed E-state index contributed by atoms with van der Waals surface area (Å²) in [6.45, 7) is 0. The lowest BCUT2D eigenvalue weighted by molar-refractivity contribution is -0.127. The van der Waals surface area contributed by atoms with Crippen molar-refractivity contribution < 1.29 is 9.59 Å². The Morgan fingerprint density at radius 2 is 1.61 bits per heavy atom. The molecule has 5 heteroatoms. The molecule has 0 saturated heterocycles. The normalized spacial score (nSPS) is 15.2. The van der Waals surface area contributed by atoms with Crippen LogP contribution in [0.2, 0.25) is 0 Å². The number of benzene rings is 2. The number of nitrogens with one attached hydrogen (secondary N) is 1. The molecule has 4 nitrogen and oxygen atoms in total. The molecular formula is C26H28N2O2S. The third-order valence-corrected chi connectivity index (χ3v) is 6.54. The van der Waals surface area contributed by atoms with Crippen molar-refractivity contribution in [3.8, 4) is 0 Å². The van der Waals surface area contributed by atoms with Crippen molar-refractivity contribution in [1.29, 1.82) is 0 Å². The standard InChI is InChI=1S/C26H28N2O2S/c29-24(18-20-16-17-31-19-20)28(23-14-8-3-9-15-23)25(21-10-4-1-5-11-21)26(30)27-22-12-6-2-7-13-22/h1,3-5,8-11,14-17,19,22,25H,2,6-7,12-13,18H2,(H,27,30)/t25-/m0/s1. The van der Waals surface area contributed by atoms with E-state index in [1.807, 2.05) is 77.5 Å². The van der Waals surface area contributed by atoms with E-state index in [9.17, 15) is 9.59 Å². The molecule has 0 radical (unpaired) electrons. The van der Waals surface area contributed by atoms with E-state index in [1.54, 1.807) is 16.2 Å². The van der Waals surface area contributed by atoms with Gasteiger partial charge in [0, 0.05) is 11.7 Å². The molecule has 1 aromatic heterocycles. The number of anilines is 1. The van der Waals surface area contributed by atoms with Gasteiger partial charge in [-0.15, -0.1) is 0 Å². The van der Waals surface area contributed by atoms with Crippen molar-refractivity contribution in [2.24, 2.45) is 0 Å². The number of nitrogens with zero attached hydrogens (tertiary/aromatic N) is 1. The first-order valence-electron chi connectivity index (χ1n) is 11.0. The van der Waals surface area contributed by atoms with Gasteiger partial charge in [0.05, 0.1) is 6.42 Å². The number of para-hydroxylation sites is 1. The molecule has 2 amide bonds. The molecular weight excluding hydrogens is 404 g/mol. The van der Waals surface area contributed by atoms with E-state index in [0.29, 0.717) is 0 Å². The number of rotatable bonds is 7. The molecule has 0 spiro atoms. The first kappa shape index (κ1) is 21.3. The van der Waals surface area contributed by atoms with Gasteiger partial charge in [0.15, 0.2) is 0 Å². The lowest BCUT2D eigenvalue weighted by atomic mass is 9.94. The van der Waals surface area contributed by atoms with E-state index in [0.717, 1.165) is 42.5 Å². The highest BCUT2D eigenvalue weighted by atomic mass is 32.1. The maximum atomic E-state index is 13.6. The maximum Gasteiger partial charge on any atom is 0.248 e. The molecule has 1 N–H and O–H groups in total. The van der Waals surface area contributed by atoms with Crippen molar-refractivity contribution >= 4 is 28.8 Å². The summed E-state index contributed by atoms with van der Waals surface area (Å²) in [4.78, 5) is 28.9. The van der Waals surface area contributed by atoms with Crippen molar-refractivity contribution in [2.75, 3.05) is 4.90 Å². The van der Waals surface area contributed by atoms with Crippen LogP contribution < -0.4 is 10.2 Å². The van der Waals surface area contributed by atoms with Gasteiger partial charge in [-0.2, -0.15) is 11.3 Å². The summed E-state index contributed by atoms with van der Waals surface area (Å²) >= 11 is 1.57. The highest BCUT2D eigenvalue weighted by Gasteiger charge is 2.33. The largest absolute Gasteiger partial charge is 0.351 e. The lowest BCUT2D eigenvalue weighted by Crippen LogP contribution is -2.47. The number of carbonyl (C=O) groups is 2. The fourth-order valence-electron chi connectivity index (χ4n) is 4.26. The average Bonchev–Trinajstić information content (AvgIpc) is 3.32. The summed E-state index contributed by atoms with van der Waals surface area (Å²) < 4.78 is 0. The molecule has 1 fully saturated rings. The maximum absolute atomic E-state index is 13.6. The first-order valence-corrected chi connectivity index (χ1v) is 11.9. The van der Waals surface area contributed by atoms with E-state index in [1.165, 1.54) is 6.42 Å². The van der Waals surface area contributed by atoms with E-state index >= 15 is 0 Å². The summed E-state index contributed by atoms with van der Waals surface area (Å²) in [7, 11) is 0. The zero-order chi connectivity index (χ0) is 21.5. The SMILES string of the molecule is O=C(NC1CCCCC1)[C@H](c1ccccc1)N(C(=O)Cc1ccsc1)c1ccccc1. The highest BCUT2D eigenvalue weighted by molar-refractivity contribution is 7.08. The molecule has 160 valence electrons. The molecule has 1 heterocycles. The fourth-order valence-corrected chi connectivity index (χ4v) is 4.93. The predicted octanol–water partition coefficient (Wildman–Crippen LogP) is 5.51. The second kappa shape index (κ2) is 10.4. The molecule has 31 heavy (non-hydrogen) atoms. The molecule has 0 unspecified atom stereocenters. The molecule has 4 rings (SSSR count). The van der Waals surface area contributed by atoms with Gasteiger partial charge in [0.25, 0.3) is 0 Å². The van der Waals surface area contributed by atoms with Gasteiger partial charge in [-0.1, -0.05) is 67.8 Å². The van der Waals surface area contributed by atoms with Crippen LogP contribution in [0.25, 0.3) is 0 Å². The minimum atomic E-state index is -0.711. The zero-order valence-electron chi connectivity index (χ0n) is 17.6. The fraction of sp³-hybridized carbons (Fsp3) is 0.308. The van der Waals surface area contributed by atoms with Crippen molar-refractivity contribution in [2.45, 2.75) is 50.6 Å². The Morgan fingerprint density at radius 3 is 2.26 bits per heavy atom. The Labute approximate surface area is 187 Å². The number of hydrogen-bond donors (Lipinski definition) is 1. The Hall–Kier alpha value is -2.92.